The molecule has 3 atom stereocenters. The zero-order valence-corrected chi connectivity index (χ0v) is 17.1. The molecule has 5 nitrogen and oxygen atoms in total. The molecule has 1 aromatic heterocycles. The second kappa shape index (κ2) is 6.73. The number of amides is 1. The van der Waals surface area contributed by atoms with E-state index in [-0.39, 0.29) is 5.91 Å². The third kappa shape index (κ3) is 2.71. The normalized spacial score (nSPS) is 31.4. The Labute approximate surface area is 167 Å². The van der Waals surface area contributed by atoms with Crippen LogP contribution in [-0.4, -0.2) is 57.2 Å². The number of likely N-dealkylation sites (tertiary alicyclic amines) is 1. The van der Waals surface area contributed by atoms with E-state index in [0.29, 0.717) is 29.8 Å². The summed E-state index contributed by atoms with van der Waals surface area (Å²) in [5.74, 6) is 1.51. The summed E-state index contributed by atoms with van der Waals surface area (Å²) in [4.78, 5) is 18.5. The minimum atomic E-state index is 0.157. The lowest BCUT2D eigenvalue weighted by Crippen LogP contribution is -2.60. The number of hydrogen-bond acceptors (Lipinski definition) is 3. The third-order valence-corrected chi connectivity index (χ3v) is 7.19. The van der Waals surface area contributed by atoms with Crippen molar-refractivity contribution in [1.82, 2.24) is 19.6 Å². The number of aryl methyl sites for hydroxylation is 1. The van der Waals surface area contributed by atoms with Gasteiger partial charge in [-0.15, -0.1) is 0 Å². The number of fused-ring (bicyclic) bond motifs is 2. The molecule has 0 N–H and O–H groups in total. The molecule has 4 aliphatic rings. The minimum absolute atomic E-state index is 0.157. The highest BCUT2D eigenvalue weighted by Crippen LogP contribution is 2.46. The smallest absolute Gasteiger partial charge is 0.272 e. The summed E-state index contributed by atoms with van der Waals surface area (Å²) in [5, 5.41) is 4.59. The number of hydrogen-bond donors (Lipinski definition) is 0. The zero-order chi connectivity index (χ0) is 19.4. The van der Waals surface area contributed by atoms with E-state index in [4.69, 9.17) is 0 Å². The van der Waals surface area contributed by atoms with Crippen LogP contribution in [0.4, 0.5) is 0 Å². The molecule has 0 unspecified atom stereocenters. The molecular formula is C23H30N4O. The average molecular weight is 379 g/mol. The molecular weight excluding hydrogens is 348 g/mol. The van der Waals surface area contributed by atoms with E-state index < -0.39 is 0 Å². The van der Waals surface area contributed by atoms with Crippen molar-refractivity contribution in [3.05, 3.63) is 53.3 Å². The maximum absolute atomic E-state index is 13.7. The lowest BCUT2D eigenvalue weighted by molar-refractivity contribution is -0.00372. The Kier molecular flexibility index (Phi) is 4.31. The van der Waals surface area contributed by atoms with Gasteiger partial charge < -0.3 is 4.90 Å². The SMILES string of the molecule is CC(C)c1cc(C(=O)N2C[C@H](c3ccccc3)[C@H]3[C@@H]2C2CCN3CC2)n(C)n1. The van der Waals surface area contributed by atoms with Crippen LogP contribution in [0.5, 0.6) is 0 Å². The van der Waals surface area contributed by atoms with Crippen LogP contribution in [0.3, 0.4) is 0 Å². The van der Waals surface area contributed by atoms with Gasteiger partial charge in [0.25, 0.3) is 5.91 Å². The Hall–Kier alpha value is -2.14. The van der Waals surface area contributed by atoms with Crippen molar-refractivity contribution in [2.24, 2.45) is 13.0 Å². The van der Waals surface area contributed by atoms with Gasteiger partial charge in [-0.2, -0.15) is 5.10 Å². The maximum atomic E-state index is 13.7. The molecule has 6 rings (SSSR count). The number of piperidine rings is 3. The molecule has 2 aromatic rings. The lowest BCUT2D eigenvalue weighted by Gasteiger charge is -2.51. The Morgan fingerprint density at radius 3 is 2.46 bits per heavy atom. The highest BCUT2D eigenvalue weighted by Gasteiger charge is 2.54. The molecule has 0 aliphatic carbocycles. The fraction of sp³-hybridized carbons (Fsp3) is 0.565. The molecule has 4 aliphatic heterocycles. The monoisotopic (exact) mass is 378 g/mol. The molecule has 2 bridgehead atoms. The largest absolute Gasteiger partial charge is 0.332 e. The quantitative estimate of drug-likeness (QED) is 0.823. The van der Waals surface area contributed by atoms with Crippen LogP contribution in [0, 0.1) is 5.92 Å². The first-order valence-corrected chi connectivity index (χ1v) is 10.7. The number of benzene rings is 1. The Morgan fingerprint density at radius 1 is 1.11 bits per heavy atom. The summed E-state index contributed by atoms with van der Waals surface area (Å²) >= 11 is 0. The first-order valence-electron chi connectivity index (χ1n) is 10.7. The summed E-state index contributed by atoms with van der Waals surface area (Å²) in [5.41, 5.74) is 3.09. The lowest BCUT2D eigenvalue weighted by atomic mass is 9.75. The van der Waals surface area contributed by atoms with Crippen molar-refractivity contribution in [3.8, 4) is 0 Å². The number of aromatic nitrogens is 2. The summed E-state index contributed by atoms with van der Waals surface area (Å²) in [6, 6.07) is 13.6. The Balaban J connectivity index is 1.52. The van der Waals surface area contributed by atoms with E-state index in [0.717, 1.165) is 17.9 Å². The van der Waals surface area contributed by atoms with Gasteiger partial charge in [0, 0.05) is 25.6 Å². The van der Waals surface area contributed by atoms with Crippen molar-refractivity contribution in [1.29, 1.82) is 0 Å². The van der Waals surface area contributed by atoms with Gasteiger partial charge in [-0.25, -0.2) is 0 Å². The molecule has 28 heavy (non-hydrogen) atoms. The van der Waals surface area contributed by atoms with E-state index in [2.05, 4.69) is 59.1 Å². The predicted molar refractivity (Wildman–Crippen MR) is 109 cm³/mol. The van der Waals surface area contributed by atoms with Crippen LogP contribution in [0.2, 0.25) is 0 Å². The van der Waals surface area contributed by atoms with Crippen molar-refractivity contribution < 1.29 is 4.79 Å². The fourth-order valence-electron chi connectivity index (χ4n) is 5.77. The Morgan fingerprint density at radius 2 is 1.82 bits per heavy atom. The highest BCUT2D eigenvalue weighted by atomic mass is 16.2. The first-order chi connectivity index (χ1) is 13.5. The van der Waals surface area contributed by atoms with E-state index in [1.54, 1.807) is 4.68 Å². The summed E-state index contributed by atoms with van der Waals surface area (Å²) in [6.45, 7) is 7.43. The van der Waals surface area contributed by atoms with Gasteiger partial charge >= 0.3 is 0 Å². The molecule has 0 radical (unpaired) electrons. The zero-order valence-electron chi connectivity index (χ0n) is 17.1. The van der Waals surface area contributed by atoms with Gasteiger partial charge in [-0.3, -0.25) is 14.4 Å². The fourth-order valence-corrected chi connectivity index (χ4v) is 5.77. The van der Waals surface area contributed by atoms with E-state index >= 15 is 0 Å². The van der Waals surface area contributed by atoms with Gasteiger partial charge in [-0.05, 0) is 49.4 Å². The van der Waals surface area contributed by atoms with Crippen molar-refractivity contribution in [2.45, 2.75) is 50.6 Å². The first kappa shape index (κ1) is 17.9. The highest BCUT2D eigenvalue weighted by molar-refractivity contribution is 5.93. The molecule has 1 aromatic carbocycles. The van der Waals surface area contributed by atoms with Crippen molar-refractivity contribution in [3.63, 3.8) is 0 Å². The van der Waals surface area contributed by atoms with Crippen LogP contribution in [0.25, 0.3) is 0 Å². The van der Waals surface area contributed by atoms with Crippen LogP contribution in [-0.2, 0) is 7.05 Å². The second-order valence-electron chi connectivity index (χ2n) is 9.06. The Bertz CT molecular complexity index is 866. The standard InChI is InChI=1S/C23H30N4O/c1-15(2)19-13-20(25(3)24-19)23(28)27-14-18(16-7-5-4-6-8-16)22-21(27)17-9-11-26(22)12-10-17/h4-8,13,15,17-18,21-22H,9-12,14H2,1-3H3/t18-,21+,22+/m1/s1. The molecule has 1 amide bonds. The molecule has 148 valence electrons. The molecule has 0 saturated carbocycles. The minimum Gasteiger partial charge on any atom is -0.332 e. The molecule has 0 spiro atoms. The summed E-state index contributed by atoms with van der Waals surface area (Å²) < 4.78 is 1.78. The van der Waals surface area contributed by atoms with Crippen LogP contribution in [0.1, 0.15) is 60.3 Å². The van der Waals surface area contributed by atoms with Crippen LogP contribution >= 0.6 is 0 Å². The van der Waals surface area contributed by atoms with Gasteiger partial charge in [0.1, 0.15) is 5.69 Å². The van der Waals surface area contributed by atoms with Crippen LogP contribution in [0.15, 0.2) is 36.4 Å². The third-order valence-electron chi connectivity index (χ3n) is 7.19. The number of rotatable bonds is 3. The van der Waals surface area contributed by atoms with Gasteiger partial charge in [0.15, 0.2) is 0 Å². The van der Waals surface area contributed by atoms with E-state index in [1.165, 1.54) is 31.5 Å². The number of carbonyl (C=O) groups is 1. The average Bonchev–Trinajstić information content (AvgIpc) is 3.32. The topological polar surface area (TPSA) is 41.4 Å². The van der Waals surface area contributed by atoms with Crippen molar-refractivity contribution in [2.75, 3.05) is 19.6 Å². The molecule has 4 fully saturated rings. The molecule has 4 saturated heterocycles. The maximum Gasteiger partial charge on any atom is 0.272 e. The van der Waals surface area contributed by atoms with Gasteiger partial charge in [0.2, 0.25) is 0 Å². The second-order valence-corrected chi connectivity index (χ2v) is 9.06. The number of carbonyl (C=O) groups excluding carboxylic acids is 1. The predicted octanol–water partition coefficient (Wildman–Crippen LogP) is 3.25. The van der Waals surface area contributed by atoms with Gasteiger partial charge in [0.05, 0.1) is 11.7 Å². The summed E-state index contributed by atoms with van der Waals surface area (Å²) in [6.07, 6.45) is 2.43. The van der Waals surface area contributed by atoms with E-state index in [1.807, 2.05) is 13.1 Å². The van der Waals surface area contributed by atoms with Crippen LogP contribution < -0.4 is 0 Å². The summed E-state index contributed by atoms with van der Waals surface area (Å²) in [7, 11) is 1.90. The molecule has 5 heteroatoms. The van der Waals surface area contributed by atoms with E-state index in [9.17, 15) is 4.79 Å². The van der Waals surface area contributed by atoms with Gasteiger partial charge in [-0.1, -0.05) is 44.2 Å². The van der Waals surface area contributed by atoms with Crippen molar-refractivity contribution >= 4 is 5.91 Å². The molecule has 5 heterocycles. The number of nitrogens with zero attached hydrogens (tertiary/aromatic N) is 4.